The summed E-state index contributed by atoms with van der Waals surface area (Å²) in [6.07, 6.45) is 5.08. The summed E-state index contributed by atoms with van der Waals surface area (Å²) in [5.41, 5.74) is 0. The van der Waals surface area contributed by atoms with Crippen LogP contribution in [0.2, 0.25) is 0 Å². The third-order valence-electron chi connectivity index (χ3n) is 2.68. The fraction of sp³-hybridized carbons (Fsp3) is 0.545. The second kappa shape index (κ2) is 7.04. The second-order valence-corrected chi connectivity index (χ2v) is 5.05. The third kappa shape index (κ3) is 3.80. The van der Waals surface area contributed by atoms with E-state index in [1.54, 1.807) is 10.9 Å². The van der Waals surface area contributed by atoms with Crippen molar-refractivity contribution in [2.75, 3.05) is 5.75 Å². The van der Waals surface area contributed by atoms with Gasteiger partial charge in [0.25, 0.3) is 0 Å². The molecule has 0 aromatic carbocycles. The summed E-state index contributed by atoms with van der Waals surface area (Å²) >= 11 is 1.19. The summed E-state index contributed by atoms with van der Waals surface area (Å²) in [5, 5.41) is 25.2. The fourth-order valence-corrected chi connectivity index (χ4v) is 2.48. The number of aliphatic carboxylic acids is 1. The van der Waals surface area contributed by atoms with E-state index in [-0.39, 0.29) is 5.75 Å². The maximum atomic E-state index is 10.6. The third-order valence-corrected chi connectivity index (χ3v) is 3.63. The first-order chi connectivity index (χ1) is 9.70. The lowest BCUT2D eigenvalue weighted by atomic mass is 10.4. The molecular formula is C11H16N6O2S. The largest absolute Gasteiger partial charge is 0.481 e. The molecule has 9 heteroatoms. The molecule has 0 aliphatic carbocycles. The van der Waals surface area contributed by atoms with Crippen molar-refractivity contribution in [3.63, 3.8) is 0 Å². The van der Waals surface area contributed by atoms with Crippen LogP contribution in [0.5, 0.6) is 0 Å². The molecule has 2 rings (SSSR count). The molecule has 2 heterocycles. The Labute approximate surface area is 120 Å². The SMILES string of the molecule is CCc1nnc(SCC(=O)O)n1CCCn1ccnn1. The number of hydrogen-bond donors (Lipinski definition) is 1. The number of hydrogen-bond acceptors (Lipinski definition) is 6. The van der Waals surface area contributed by atoms with Gasteiger partial charge in [0.2, 0.25) is 0 Å². The predicted octanol–water partition coefficient (Wildman–Crippen LogP) is 0.699. The molecule has 2 aromatic heterocycles. The number of aryl methyl sites for hydroxylation is 2. The molecule has 0 bridgehead atoms. The number of carboxylic acids is 1. The van der Waals surface area contributed by atoms with E-state index >= 15 is 0 Å². The van der Waals surface area contributed by atoms with Gasteiger partial charge in [0, 0.05) is 25.7 Å². The topological polar surface area (TPSA) is 98.7 Å². The molecule has 0 aliphatic heterocycles. The molecule has 0 fully saturated rings. The van der Waals surface area contributed by atoms with Gasteiger partial charge in [0.15, 0.2) is 5.16 Å². The van der Waals surface area contributed by atoms with Gasteiger partial charge in [-0.1, -0.05) is 23.9 Å². The number of nitrogens with zero attached hydrogens (tertiary/aromatic N) is 6. The van der Waals surface area contributed by atoms with Gasteiger partial charge in [-0.3, -0.25) is 9.48 Å². The van der Waals surface area contributed by atoms with E-state index in [4.69, 9.17) is 5.11 Å². The Hall–Kier alpha value is -1.90. The Balaban J connectivity index is 1.96. The zero-order valence-corrected chi connectivity index (χ0v) is 12.0. The number of carboxylic acid groups (broad SMARTS) is 1. The average Bonchev–Trinajstić information content (AvgIpc) is 3.06. The van der Waals surface area contributed by atoms with E-state index in [0.717, 1.165) is 31.8 Å². The predicted molar refractivity (Wildman–Crippen MR) is 72.4 cm³/mol. The summed E-state index contributed by atoms with van der Waals surface area (Å²) < 4.78 is 3.74. The molecule has 0 spiro atoms. The van der Waals surface area contributed by atoms with Crippen LogP contribution in [0, 0.1) is 0 Å². The molecule has 0 saturated carbocycles. The van der Waals surface area contributed by atoms with Crippen molar-refractivity contribution < 1.29 is 9.90 Å². The first kappa shape index (κ1) is 14.5. The minimum Gasteiger partial charge on any atom is -0.481 e. The van der Waals surface area contributed by atoms with E-state index in [2.05, 4.69) is 20.5 Å². The molecule has 20 heavy (non-hydrogen) atoms. The van der Waals surface area contributed by atoms with Gasteiger partial charge in [0.05, 0.1) is 11.9 Å². The van der Waals surface area contributed by atoms with Crippen molar-refractivity contribution in [2.45, 2.75) is 38.0 Å². The van der Waals surface area contributed by atoms with Crippen LogP contribution in [0.1, 0.15) is 19.2 Å². The van der Waals surface area contributed by atoms with Gasteiger partial charge >= 0.3 is 5.97 Å². The summed E-state index contributed by atoms with van der Waals surface area (Å²) in [4.78, 5) is 10.6. The number of rotatable bonds is 8. The zero-order chi connectivity index (χ0) is 14.4. The van der Waals surface area contributed by atoms with Crippen LogP contribution in [0.4, 0.5) is 0 Å². The molecule has 0 unspecified atom stereocenters. The molecule has 0 atom stereocenters. The van der Waals surface area contributed by atoms with Gasteiger partial charge < -0.3 is 9.67 Å². The number of thioether (sulfide) groups is 1. The monoisotopic (exact) mass is 296 g/mol. The van der Waals surface area contributed by atoms with Gasteiger partial charge in [-0.25, -0.2) is 0 Å². The summed E-state index contributed by atoms with van der Waals surface area (Å²) in [7, 11) is 0. The Morgan fingerprint density at radius 1 is 1.40 bits per heavy atom. The van der Waals surface area contributed by atoms with Gasteiger partial charge in [-0.05, 0) is 6.42 Å². The van der Waals surface area contributed by atoms with Crippen LogP contribution in [0.3, 0.4) is 0 Å². The standard InChI is InChI=1S/C11H16N6O2S/c1-2-9-13-14-11(20-8-10(18)19)17(9)6-3-5-16-7-4-12-15-16/h4,7H,2-3,5-6,8H2,1H3,(H,18,19). The average molecular weight is 296 g/mol. The summed E-state index contributed by atoms with van der Waals surface area (Å²) in [5.74, 6) is 0.00645. The highest BCUT2D eigenvalue weighted by molar-refractivity contribution is 7.99. The number of carbonyl (C=O) groups is 1. The van der Waals surface area contributed by atoms with Gasteiger partial charge in [-0.2, -0.15) is 0 Å². The lowest BCUT2D eigenvalue weighted by Gasteiger charge is -2.08. The van der Waals surface area contributed by atoms with E-state index < -0.39 is 5.97 Å². The van der Waals surface area contributed by atoms with Crippen molar-refractivity contribution in [1.82, 2.24) is 29.8 Å². The van der Waals surface area contributed by atoms with E-state index in [0.29, 0.717) is 5.16 Å². The first-order valence-corrected chi connectivity index (χ1v) is 7.30. The van der Waals surface area contributed by atoms with Crippen molar-refractivity contribution in [1.29, 1.82) is 0 Å². The van der Waals surface area contributed by atoms with Crippen LogP contribution < -0.4 is 0 Å². The lowest BCUT2D eigenvalue weighted by Crippen LogP contribution is -2.09. The van der Waals surface area contributed by atoms with Crippen LogP contribution in [0.15, 0.2) is 17.6 Å². The maximum Gasteiger partial charge on any atom is 0.313 e. The fourth-order valence-electron chi connectivity index (χ4n) is 1.78. The van der Waals surface area contributed by atoms with Crippen LogP contribution in [-0.4, -0.2) is 46.6 Å². The first-order valence-electron chi connectivity index (χ1n) is 6.31. The Morgan fingerprint density at radius 3 is 2.90 bits per heavy atom. The van der Waals surface area contributed by atoms with Crippen molar-refractivity contribution in [2.24, 2.45) is 0 Å². The molecule has 0 radical (unpaired) electrons. The Morgan fingerprint density at radius 2 is 2.25 bits per heavy atom. The summed E-state index contributed by atoms with van der Waals surface area (Å²) in [6.45, 7) is 3.49. The lowest BCUT2D eigenvalue weighted by molar-refractivity contribution is -0.133. The smallest absolute Gasteiger partial charge is 0.313 e. The molecule has 0 amide bonds. The normalized spacial score (nSPS) is 10.8. The van der Waals surface area contributed by atoms with Gasteiger partial charge in [0.1, 0.15) is 5.82 Å². The van der Waals surface area contributed by atoms with Crippen molar-refractivity contribution in [3.8, 4) is 0 Å². The zero-order valence-electron chi connectivity index (χ0n) is 11.1. The maximum absolute atomic E-state index is 10.6. The number of aromatic nitrogens is 6. The van der Waals surface area contributed by atoms with E-state index in [1.165, 1.54) is 11.8 Å². The van der Waals surface area contributed by atoms with E-state index in [9.17, 15) is 4.79 Å². The van der Waals surface area contributed by atoms with Crippen LogP contribution in [-0.2, 0) is 24.3 Å². The molecule has 1 N–H and O–H groups in total. The highest BCUT2D eigenvalue weighted by Crippen LogP contribution is 2.17. The highest BCUT2D eigenvalue weighted by atomic mass is 32.2. The minimum atomic E-state index is -0.856. The molecular weight excluding hydrogens is 280 g/mol. The minimum absolute atomic E-state index is 0.00900. The molecule has 8 nitrogen and oxygen atoms in total. The van der Waals surface area contributed by atoms with Crippen molar-refractivity contribution in [3.05, 3.63) is 18.2 Å². The quantitative estimate of drug-likeness (QED) is 0.716. The molecule has 108 valence electrons. The van der Waals surface area contributed by atoms with Crippen LogP contribution >= 0.6 is 11.8 Å². The van der Waals surface area contributed by atoms with E-state index in [1.807, 2.05) is 17.7 Å². The second-order valence-electron chi connectivity index (χ2n) is 4.11. The van der Waals surface area contributed by atoms with Crippen molar-refractivity contribution >= 4 is 17.7 Å². The Bertz CT molecular complexity index is 553. The molecule has 2 aromatic rings. The molecule has 0 aliphatic rings. The Kier molecular flexibility index (Phi) is 5.10. The molecule has 0 saturated heterocycles. The summed E-state index contributed by atoms with van der Waals surface area (Å²) in [6, 6.07) is 0. The highest BCUT2D eigenvalue weighted by Gasteiger charge is 2.12. The van der Waals surface area contributed by atoms with Gasteiger partial charge in [-0.15, -0.1) is 15.3 Å². The van der Waals surface area contributed by atoms with Crippen LogP contribution in [0.25, 0.3) is 0 Å².